The summed E-state index contributed by atoms with van der Waals surface area (Å²) in [5.74, 6) is 1.14. The van der Waals surface area contributed by atoms with E-state index in [1.807, 2.05) is 0 Å². The molecule has 1 nitrogen and oxygen atoms in total. The molecule has 0 saturated carbocycles. The Balaban J connectivity index is 2.62. The quantitative estimate of drug-likeness (QED) is 0.650. The van der Waals surface area contributed by atoms with E-state index in [0.29, 0.717) is 6.10 Å². The Morgan fingerprint density at radius 1 is 1.00 bits per heavy atom. The molecule has 0 spiro atoms. The van der Waals surface area contributed by atoms with Crippen LogP contribution in [0.15, 0.2) is 12.1 Å². The largest absolute Gasteiger partial charge is 0.490 e. The first kappa shape index (κ1) is 13.5. The molecule has 0 radical (unpaired) electrons. The minimum Gasteiger partial charge on any atom is -0.490 e. The molecule has 2 rings (SSSR count). The third-order valence-corrected chi connectivity index (χ3v) is 3.67. The Kier molecular flexibility index (Phi) is 3.00. The summed E-state index contributed by atoms with van der Waals surface area (Å²) in [6.45, 7) is 15.8. The van der Waals surface area contributed by atoms with Crippen LogP contribution in [-0.2, 0) is 17.3 Å². The number of rotatable bonds is 0. The van der Waals surface area contributed by atoms with E-state index in [0.717, 1.165) is 12.2 Å². The van der Waals surface area contributed by atoms with Crippen LogP contribution in [0.25, 0.3) is 0 Å². The Labute approximate surface area is 112 Å². The second-order valence-electron chi connectivity index (χ2n) is 7.64. The normalized spacial score (nSPS) is 19.6. The lowest BCUT2D eigenvalue weighted by molar-refractivity contribution is 0.249. The standard InChI is InChI=1S/C17H26O/c1-11-8-12-9-13(16(2,3)4)10-14(15(12)18-11)17(5,6)7/h9-11H,8H2,1-7H3. The van der Waals surface area contributed by atoms with Crippen LogP contribution in [0, 0.1) is 0 Å². The summed E-state index contributed by atoms with van der Waals surface area (Å²) in [5.41, 5.74) is 4.49. The van der Waals surface area contributed by atoms with E-state index < -0.39 is 0 Å². The highest BCUT2D eigenvalue weighted by Crippen LogP contribution is 2.42. The predicted octanol–water partition coefficient (Wildman–Crippen LogP) is 4.61. The molecule has 0 amide bonds. The molecule has 1 aliphatic heterocycles. The van der Waals surface area contributed by atoms with Gasteiger partial charge in [-0.1, -0.05) is 53.7 Å². The molecule has 1 atom stereocenters. The zero-order valence-electron chi connectivity index (χ0n) is 12.8. The Bertz CT molecular complexity index is 458. The number of hydrogen-bond donors (Lipinski definition) is 0. The van der Waals surface area contributed by atoms with Gasteiger partial charge in [0, 0.05) is 12.0 Å². The highest BCUT2D eigenvalue weighted by atomic mass is 16.5. The van der Waals surface area contributed by atoms with Crippen molar-refractivity contribution in [3.05, 3.63) is 28.8 Å². The molecular formula is C17H26O. The summed E-state index contributed by atoms with van der Waals surface area (Å²) in [6, 6.07) is 4.69. The molecule has 1 unspecified atom stereocenters. The van der Waals surface area contributed by atoms with Crippen molar-refractivity contribution in [3.63, 3.8) is 0 Å². The first-order chi connectivity index (χ1) is 8.09. The maximum absolute atomic E-state index is 6.03. The summed E-state index contributed by atoms with van der Waals surface area (Å²) >= 11 is 0. The molecule has 1 aliphatic rings. The molecule has 0 aromatic heterocycles. The summed E-state index contributed by atoms with van der Waals surface area (Å²) in [6.07, 6.45) is 1.36. The monoisotopic (exact) mass is 246 g/mol. The van der Waals surface area contributed by atoms with E-state index in [4.69, 9.17) is 4.74 Å². The highest BCUT2D eigenvalue weighted by Gasteiger charge is 2.30. The van der Waals surface area contributed by atoms with Crippen molar-refractivity contribution in [1.82, 2.24) is 0 Å². The third kappa shape index (κ3) is 2.41. The van der Waals surface area contributed by atoms with Gasteiger partial charge in [-0.05, 0) is 28.9 Å². The fraction of sp³-hybridized carbons (Fsp3) is 0.647. The first-order valence-corrected chi connectivity index (χ1v) is 6.93. The van der Waals surface area contributed by atoms with Crippen LogP contribution in [-0.4, -0.2) is 6.10 Å². The number of benzene rings is 1. The summed E-state index contributed by atoms with van der Waals surface area (Å²) in [5, 5.41) is 0. The molecule has 1 heterocycles. The second-order valence-corrected chi connectivity index (χ2v) is 7.64. The fourth-order valence-electron chi connectivity index (χ4n) is 2.52. The van der Waals surface area contributed by atoms with Gasteiger partial charge in [0.2, 0.25) is 0 Å². The lowest BCUT2D eigenvalue weighted by atomic mass is 9.79. The van der Waals surface area contributed by atoms with E-state index >= 15 is 0 Å². The lowest BCUT2D eigenvalue weighted by Gasteiger charge is -2.27. The van der Waals surface area contributed by atoms with Gasteiger partial charge in [0.25, 0.3) is 0 Å². The minimum atomic E-state index is 0.134. The van der Waals surface area contributed by atoms with Crippen molar-refractivity contribution in [2.45, 2.75) is 71.8 Å². The van der Waals surface area contributed by atoms with Crippen molar-refractivity contribution in [1.29, 1.82) is 0 Å². The van der Waals surface area contributed by atoms with Gasteiger partial charge in [0.05, 0.1) is 0 Å². The molecular weight excluding hydrogens is 220 g/mol. The van der Waals surface area contributed by atoms with Gasteiger partial charge >= 0.3 is 0 Å². The molecule has 18 heavy (non-hydrogen) atoms. The van der Waals surface area contributed by atoms with Crippen molar-refractivity contribution in [2.75, 3.05) is 0 Å². The SMILES string of the molecule is CC1Cc2cc(C(C)(C)C)cc(C(C)(C)C)c2O1. The van der Waals surface area contributed by atoms with Crippen LogP contribution in [0.4, 0.5) is 0 Å². The van der Waals surface area contributed by atoms with Crippen LogP contribution >= 0.6 is 0 Å². The van der Waals surface area contributed by atoms with Crippen molar-refractivity contribution in [3.8, 4) is 5.75 Å². The molecule has 0 saturated heterocycles. The van der Waals surface area contributed by atoms with Gasteiger partial charge in [-0.25, -0.2) is 0 Å². The summed E-state index contributed by atoms with van der Waals surface area (Å²) in [7, 11) is 0. The molecule has 0 aliphatic carbocycles. The van der Waals surface area contributed by atoms with Gasteiger partial charge in [-0.2, -0.15) is 0 Å². The third-order valence-electron chi connectivity index (χ3n) is 3.67. The Morgan fingerprint density at radius 3 is 2.11 bits per heavy atom. The van der Waals surface area contributed by atoms with Gasteiger partial charge in [0.1, 0.15) is 11.9 Å². The number of ether oxygens (including phenoxy) is 1. The summed E-state index contributed by atoms with van der Waals surface area (Å²) in [4.78, 5) is 0. The van der Waals surface area contributed by atoms with Gasteiger partial charge in [-0.15, -0.1) is 0 Å². The van der Waals surface area contributed by atoms with Crippen molar-refractivity contribution < 1.29 is 4.74 Å². The average molecular weight is 246 g/mol. The van der Waals surface area contributed by atoms with Crippen LogP contribution in [0.5, 0.6) is 5.75 Å². The van der Waals surface area contributed by atoms with Gasteiger partial charge in [-0.3, -0.25) is 0 Å². The number of fused-ring (bicyclic) bond motifs is 1. The first-order valence-electron chi connectivity index (χ1n) is 6.93. The Hall–Kier alpha value is -0.980. The lowest BCUT2D eigenvalue weighted by Crippen LogP contribution is -2.17. The molecule has 0 bridgehead atoms. The summed E-state index contributed by atoms with van der Waals surface area (Å²) < 4.78 is 6.03. The molecule has 1 aromatic carbocycles. The van der Waals surface area contributed by atoms with Gasteiger partial charge in [0.15, 0.2) is 0 Å². The van der Waals surface area contributed by atoms with Crippen LogP contribution in [0.3, 0.4) is 0 Å². The van der Waals surface area contributed by atoms with Gasteiger partial charge < -0.3 is 4.74 Å². The minimum absolute atomic E-state index is 0.134. The zero-order valence-corrected chi connectivity index (χ0v) is 12.8. The number of hydrogen-bond acceptors (Lipinski definition) is 1. The molecule has 0 fully saturated rings. The maximum atomic E-state index is 6.03. The van der Waals surface area contributed by atoms with E-state index in [2.05, 4.69) is 60.6 Å². The van der Waals surface area contributed by atoms with Crippen LogP contribution in [0.1, 0.15) is 65.2 Å². The fourth-order valence-corrected chi connectivity index (χ4v) is 2.52. The van der Waals surface area contributed by atoms with Crippen molar-refractivity contribution >= 4 is 0 Å². The van der Waals surface area contributed by atoms with Crippen molar-refractivity contribution in [2.24, 2.45) is 0 Å². The smallest absolute Gasteiger partial charge is 0.126 e. The topological polar surface area (TPSA) is 9.23 Å². The highest BCUT2D eigenvalue weighted by molar-refractivity contribution is 5.51. The van der Waals surface area contributed by atoms with E-state index in [1.54, 1.807) is 0 Å². The maximum Gasteiger partial charge on any atom is 0.126 e. The van der Waals surface area contributed by atoms with Crippen LogP contribution in [0.2, 0.25) is 0 Å². The molecule has 100 valence electrons. The molecule has 1 aromatic rings. The Morgan fingerprint density at radius 2 is 1.61 bits per heavy atom. The van der Waals surface area contributed by atoms with E-state index in [1.165, 1.54) is 16.7 Å². The molecule has 1 heteroatoms. The van der Waals surface area contributed by atoms with E-state index in [-0.39, 0.29) is 10.8 Å². The predicted molar refractivity (Wildman–Crippen MR) is 77.6 cm³/mol. The molecule has 0 N–H and O–H groups in total. The van der Waals surface area contributed by atoms with Crippen LogP contribution < -0.4 is 4.74 Å². The van der Waals surface area contributed by atoms with E-state index in [9.17, 15) is 0 Å². The zero-order chi connectivity index (χ0) is 13.7. The second kappa shape index (κ2) is 4.01. The average Bonchev–Trinajstić information content (AvgIpc) is 2.52.